The van der Waals surface area contributed by atoms with Gasteiger partial charge in [-0.15, -0.1) is 0 Å². The average molecular weight is 519 g/mol. The molecule has 0 unspecified atom stereocenters. The van der Waals surface area contributed by atoms with Gasteiger partial charge in [-0.25, -0.2) is 4.79 Å². The smallest absolute Gasteiger partial charge is 0.410 e. The van der Waals surface area contributed by atoms with E-state index < -0.39 is 22.6 Å². The maximum atomic E-state index is 13.7. The average Bonchev–Trinajstić information content (AvgIpc) is 3.08. The van der Waals surface area contributed by atoms with E-state index in [2.05, 4.69) is 84.8 Å². The summed E-state index contributed by atoms with van der Waals surface area (Å²) >= 11 is 0. The highest BCUT2D eigenvalue weighted by molar-refractivity contribution is 6.78. The van der Waals surface area contributed by atoms with Gasteiger partial charge in [0, 0.05) is 0 Å². The first-order valence-electron chi connectivity index (χ1n) is 13.2. The van der Waals surface area contributed by atoms with Crippen LogP contribution in [0.4, 0.5) is 4.79 Å². The largest absolute Gasteiger partial charge is 0.447 e. The summed E-state index contributed by atoms with van der Waals surface area (Å²) in [5, 5.41) is 0. The van der Waals surface area contributed by atoms with Crippen molar-refractivity contribution in [2.45, 2.75) is 115 Å². The minimum atomic E-state index is -2.17. The molecular formula is C27H46N2O4Si2. The second kappa shape index (κ2) is 10.4. The van der Waals surface area contributed by atoms with Gasteiger partial charge in [0.25, 0.3) is 0 Å². The van der Waals surface area contributed by atoms with Crippen LogP contribution in [0.5, 0.6) is 0 Å². The molecular weight excluding hydrogens is 472 g/mol. The zero-order valence-electron chi connectivity index (χ0n) is 23.4. The molecule has 196 valence electrons. The van der Waals surface area contributed by atoms with Crippen molar-refractivity contribution in [2.75, 3.05) is 6.61 Å². The van der Waals surface area contributed by atoms with Crippen molar-refractivity contribution < 1.29 is 18.8 Å². The predicted molar refractivity (Wildman–Crippen MR) is 146 cm³/mol. The van der Waals surface area contributed by atoms with E-state index in [4.69, 9.17) is 9.16 Å². The minimum absolute atomic E-state index is 0.0486. The van der Waals surface area contributed by atoms with Gasteiger partial charge < -0.3 is 13.7 Å². The van der Waals surface area contributed by atoms with Crippen LogP contribution in [0.1, 0.15) is 54.0 Å². The first-order valence-corrected chi connectivity index (χ1v) is 18.8. The Labute approximate surface area is 214 Å². The normalized spacial score (nSPS) is 24.4. The first-order chi connectivity index (χ1) is 16.2. The summed E-state index contributed by atoms with van der Waals surface area (Å²) in [6, 6.07) is 9.29. The SMILES string of the molecule is CC(C)[Si](O[C@@H](C)[C@H]1[C@H](N2C(=O)OC[C@@H]2Cc2ccccc2)C(=O)N1[Si](C)(C)C)(C(C)C)C(C)C. The molecule has 0 spiro atoms. The van der Waals surface area contributed by atoms with Crippen molar-refractivity contribution in [2.24, 2.45) is 0 Å². The molecule has 0 radical (unpaired) electrons. The van der Waals surface area contributed by atoms with Crippen LogP contribution in [0.3, 0.4) is 0 Å². The molecule has 3 rings (SSSR count). The second-order valence-corrected chi connectivity index (χ2v) is 22.5. The van der Waals surface area contributed by atoms with Crippen LogP contribution in [0.15, 0.2) is 30.3 Å². The van der Waals surface area contributed by atoms with Gasteiger partial charge >= 0.3 is 6.09 Å². The maximum Gasteiger partial charge on any atom is 0.410 e. The highest BCUT2D eigenvalue weighted by atomic mass is 28.4. The Morgan fingerprint density at radius 1 is 0.943 bits per heavy atom. The monoisotopic (exact) mass is 518 g/mol. The highest BCUT2D eigenvalue weighted by Crippen LogP contribution is 2.45. The summed E-state index contributed by atoms with van der Waals surface area (Å²) in [5.41, 5.74) is 2.48. The Hall–Kier alpha value is -1.65. The minimum Gasteiger partial charge on any atom is -0.447 e. The number of amides is 2. The van der Waals surface area contributed by atoms with Gasteiger partial charge in [0.1, 0.15) is 12.6 Å². The fraction of sp³-hybridized carbons (Fsp3) is 0.704. The van der Waals surface area contributed by atoms with E-state index in [1.807, 2.05) is 18.2 Å². The Bertz CT molecular complexity index is 878. The molecule has 0 N–H and O–H groups in total. The molecule has 6 nitrogen and oxygen atoms in total. The fourth-order valence-electron chi connectivity index (χ4n) is 6.68. The quantitative estimate of drug-likeness (QED) is 0.280. The van der Waals surface area contributed by atoms with Crippen molar-refractivity contribution in [3.63, 3.8) is 0 Å². The Balaban J connectivity index is 1.96. The molecule has 2 saturated heterocycles. The highest BCUT2D eigenvalue weighted by Gasteiger charge is 2.61. The van der Waals surface area contributed by atoms with Crippen LogP contribution >= 0.6 is 0 Å². The van der Waals surface area contributed by atoms with Crippen LogP contribution in [0, 0.1) is 0 Å². The van der Waals surface area contributed by atoms with E-state index in [1.165, 1.54) is 0 Å². The lowest BCUT2D eigenvalue weighted by molar-refractivity contribution is -0.154. The zero-order valence-corrected chi connectivity index (χ0v) is 25.4. The van der Waals surface area contributed by atoms with Gasteiger partial charge in [-0.1, -0.05) is 91.5 Å². The molecule has 0 saturated carbocycles. The standard InChI is InChI=1S/C27H46N2O4Si2/c1-18(2)35(19(3)4,20(5)6)33-21(7)24-25(26(30)29(24)34(8,9)10)28-23(17-32-27(28)31)16-22-14-12-11-13-15-22/h11-15,18-21,23-25H,16-17H2,1-10H3/t21-,23-,24-,25-/m0/s1. The number of hydrogen-bond donors (Lipinski definition) is 0. The topological polar surface area (TPSA) is 59.1 Å². The molecule has 0 aromatic heterocycles. The summed E-state index contributed by atoms with van der Waals surface area (Å²) in [6.45, 7) is 22.7. The van der Waals surface area contributed by atoms with Crippen molar-refractivity contribution in [1.29, 1.82) is 0 Å². The maximum absolute atomic E-state index is 13.7. The Morgan fingerprint density at radius 2 is 1.49 bits per heavy atom. The van der Waals surface area contributed by atoms with Crippen LogP contribution in [-0.2, 0) is 20.4 Å². The van der Waals surface area contributed by atoms with Crippen LogP contribution in [0.2, 0.25) is 36.3 Å². The third-order valence-electron chi connectivity index (χ3n) is 8.03. The van der Waals surface area contributed by atoms with Gasteiger partial charge in [-0.3, -0.25) is 9.69 Å². The summed E-state index contributed by atoms with van der Waals surface area (Å²) in [6.07, 6.45) is 0.138. The van der Waals surface area contributed by atoms with Gasteiger partial charge in [0.05, 0.1) is 18.2 Å². The fourth-order valence-corrected chi connectivity index (χ4v) is 14.3. The summed E-state index contributed by atoms with van der Waals surface area (Å²) in [4.78, 5) is 28.4. The molecule has 1 aromatic carbocycles. The third kappa shape index (κ3) is 5.11. The number of β-lactam (4-membered cyclic amide) rings is 1. The van der Waals surface area contributed by atoms with Crippen molar-refractivity contribution in [1.82, 2.24) is 9.47 Å². The Kier molecular flexibility index (Phi) is 8.28. The molecule has 35 heavy (non-hydrogen) atoms. The number of rotatable bonds is 10. The van der Waals surface area contributed by atoms with E-state index in [0.717, 1.165) is 5.56 Å². The number of ether oxygens (including phenoxy) is 1. The third-order valence-corrected chi connectivity index (χ3v) is 16.2. The number of benzene rings is 1. The van der Waals surface area contributed by atoms with E-state index in [9.17, 15) is 9.59 Å². The number of carbonyl (C=O) groups is 2. The molecule has 2 aliphatic rings. The van der Waals surface area contributed by atoms with Gasteiger partial charge in [-0.2, -0.15) is 0 Å². The lowest BCUT2D eigenvalue weighted by Crippen LogP contribution is -2.80. The molecule has 1 aromatic rings. The molecule has 0 bridgehead atoms. The number of nitrogens with zero attached hydrogens (tertiary/aromatic N) is 2. The Morgan fingerprint density at radius 3 is 1.97 bits per heavy atom. The molecule has 2 fully saturated rings. The molecule has 0 aliphatic carbocycles. The predicted octanol–water partition coefficient (Wildman–Crippen LogP) is 6.04. The van der Waals surface area contributed by atoms with Gasteiger partial charge in [0.15, 0.2) is 8.24 Å². The summed E-state index contributed by atoms with van der Waals surface area (Å²) in [5.74, 6) is 0.0486. The molecule has 2 aliphatic heterocycles. The van der Waals surface area contributed by atoms with Crippen molar-refractivity contribution in [3.05, 3.63) is 35.9 Å². The van der Waals surface area contributed by atoms with Crippen LogP contribution in [0.25, 0.3) is 0 Å². The molecule has 2 heterocycles. The van der Waals surface area contributed by atoms with E-state index in [0.29, 0.717) is 29.7 Å². The van der Waals surface area contributed by atoms with Crippen molar-refractivity contribution in [3.8, 4) is 0 Å². The van der Waals surface area contributed by atoms with Gasteiger partial charge in [0.2, 0.25) is 14.2 Å². The molecule has 8 heteroatoms. The van der Waals surface area contributed by atoms with E-state index in [-0.39, 0.29) is 30.2 Å². The molecule has 4 atom stereocenters. The van der Waals surface area contributed by atoms with Crippen molar-refractivity contribution >= 4 is 28.6 Å². The number of carbonyl (C=O) groups excluding carboxylic acids is 2. The van der Waals surface area contributed by atoms with Gasteiger partial charge in [-0.05, 0) is 35.5 Å². The van der Waals surface area contributed by atoms with Crippen LogP contribution < -0.4 is 0 Å². The summed E-state index contributed by atoms with van der Waals surface area (Å²) in [7, 11) is -4.16. The zero-order chi connectivity index (χ0) is 26.3. The number of cyclic esters (lactones) is 1. The lowest BCUT2D eigenvalue weighted by Gasteiger charge is -2.59. The number of hydrogen-bond acceptors (Lipinski definition) is 4. The first kappa shape index (κ1) is 27.9. The molecule has 2 amide bonds. The van der Waals surface area contributed by atoms with E-state index >= 15 is 0 Å². The van der Waals surface area contributed by atoms with E-state index in [1.54, 1.807) is 4.90 Å². The second-order valence-electron chi connectivity index (χ2n) is 12.3. The van der Waals surface area contributed by atoms with Crippen LogP contribution in [-0.4, -0.2) is 68.9 Å². The lowest BCUT2D eigenvalue weighted by atomic mass is 9.91. The summed E-state index contributed by atoms with van der Waals surface area (Å²) < 4.78 is 14.8.